The molecule has 3 aromatic rings. The van der Waals surface area contributed by atoms with E-state index in [-0.39, 0.29) is 5.91 Å². The number of rotatable bonds is 6. The number of ether oxygens (including phenoxy) is 1. The number of nitrogens with zero attached hydrogens (tertiary/aromatic N) is 2. The van der Waals surface area contributed by atoms with Gasteiger partial charge >= 0.3 is 0 Å². The second kappa shape index (κ2) is 8.11. The minimum Gasteiger partial charge on any atom is -0.489 e. The molecule has 126 valence electrons. The first kappa shape index (κ1) is 16.7. The topological polar surface area (TPSA) is 42.4 Å². The van der Waals surface area contributed by atoms with Crippen molar-refractivity contribution in [3.8, 4) is 5.75 Å². The summed E-state index contributed by atoms with van der Waals surface area (Å²) in [5.74, 6) is 0.716. The van der Waals surface area contributed by atoms with Gasteiger partial charge in [0, 0.05) is 31.5 Å². The van der Waals surface area contributed by atoms with Crippen LogP contribution in [0.2, 0.25) is 0 Å². The van der Waals surface area contributed by atoms with Gasteiger partial charge in [0.15, 0.2) is 0 Å². The number of carbonyl (C=O) groups is 1. The van der Waals surface area contributed by atoms with Gasteiger partial charge in [0.1, 0.15) is 12.4 Å². The molecule has 4 nitrogen and oxygen atoms in total. The van der Waals surface area contributed by atoms with Gasteiger partial charge in [-0.1, -0.05) is 36.4 Å². The molecule has 0 unspecified atom stereocenters. The Morgan fingerprint density at radius 2 is 1.68 bits per heavy atom. The first-order valence-electron chi connectivity index (χ1n) is 8.13. The van der Waals surface area contributed by atoms with Crippen LogP contribution in [0.4, 0.5) is 0 Å². The third kappa shape index (κ3) is 4.67. The number of carbonyl (C=O) groups excluding carboxylic acids is 1. The van der Waals surface area contributed by atoms with E-state index < -0.39 is 0 Å². The first-order chi connectivity index (χ1) is 12.2. The highest BCUT2D eigenvalue weighted by Crippen LogP contribution is 2.16. The standard InChI is InChI=1S/C21H20N2O2/c1-23(15-18-8-5-13-22-14-18)21(24)19-9-11-20(12-10-19)25-16-17-6-3-2-4-7-17/h2-14H,15-16H2,1H3. The van der Waals surface area contributed by atoms with E-state index in [1.54, 1.807) is 36.5 Å². The van der Waals surface area contributed by atoms with Crippen LogP contribution >= 0.6 is 0 Å². The Labute approximate surface area is 147 Å². The van der Waals surface area contributed by atoms with E-state index in [0.29, 0.717) is 18.7 Å². The highest BCUT2D eigenvalue weighted by molar-refractivity contribution is 5.94. The molecule has 1 amide bonds. The maximum atomic E-state index is 12.5. The molecule has 0 saturated heterocycles. The number of hydrogen-bond acceptors (Lipinski definition) is 3. The minimum atomic E-state index is -0.0292. The third-order valence-corrected chi connectivity index (χ3v) is 3.84. The zero-order chi connectivity index (χ0) is 17.5. The van der Waals surface area contributed by atoms with Crippen molar-refractivity contribution in [3.05, 3.63) is 95.8 Å². The molecule has 0 aliphatic carbocycles. The van der Waals surface area contributed by atoms with Crippen molar-refractivity contribution >= 4 is 5.91 Å². The van der Waals surface area contributed by atoms with Gasteiger partial charge in [-0.3, -0.25) is 9.78 Å². The monoisotopic (exact) mass is 332 g/mol. The van der Waals surface area contributed by atoms with Gasteiger partial charge in [0.25, 0.3) is 5.91 Å². The Balaban J connectivity index is 1.58. The van der Waals surface area contributed by atoms with E-state index >= 15 is 0 Å². The quantitative estimate of drug-likeness (QED) is 0.687. The Kier molecular flexibility index (Phi) is 5.42. The average molecular weight is 332 g/mol. The summed E-state index contributed by atoms with van der Waals surface area (Å²) in [5, 5.41) is 0. The molecular weight excluding hydrogens is 312 g/mol. The molecule has 0 radical (unpaired) electrons. The largest absolute Gasteiger partial charge is 0.489 e. The molecule has 0 atom stereocenters. The third-order valence-electron chi connectivity index (χ3n) is 3.84. The predicted molar refractivity (Wildman–Crippen MR) is 97.3 cm³/mol. The second-order valence-corrected chi connectivity index (χ2v) is 5.82. The number of hydrogen-bond donors (Lipinski definition) is 0. The summed E-state index contributed by atoms with van der Waals surface area (Å²) in [6, 6.07) is 21.1. The lowest BCUT2D eigenvalue weighted by atomic mass is 10.2. The number of benzene rings is 2. The fourth-order valence-electron chi connectivity index (χ4n) is 2.49. The smallest absolute Gasteiger partial charge is 0.253 e. The van der Waals surface area contributed by atoms with Crippen LogP contribution < -0.4 is 4.74 Å². The maximum Gasteiger partial charge on any atom is 0.253 e. The normalized spacial score (nSPS) is 10.3. The lowest BCUT2D eigenvalue weighted by molar-refractivity contribution is 0.0785. The molecule has 25 heavy (non-hydrogen) atoms. The predicted octanol–water partition coefficient (Wildman–Crippen LogP) is 3.93. The van der Waals surface area contributed by atoms with Gasteiger partial charge in [-0.15, -0.1) is 0 Å². The molecule has 1 aromatic heterocycles. The van der Waals surface area contributed by atoms with Crippen molar-refractivity contribution in [1.29, 1.82) is 0 Å². The fraction of sp³-hybridized carbons (Fsp3) is 0.143. The summed E-state index contributed by atoms with van der Waals surface area (Å²) in [7, 11) is 1.79. The van der Waals surface area contributed by atoms with Gasteiger partial charge in [0.05, 0.1) is 0 Å². The lowest BCUT2D eigenvalue weighted by Gasteiger charge is -2.17. The Bertz CT molecular complexity index is 802. The van der Waals surface area contributed by atoms with E-state index in [1.165, 1.54) is 0 Å². The van der Waals surface area contributed by atoms with Crippen LogP contribution in [0.15, 0.2) is 79.1 Å². The molecule has 4 heteroatoms. The van der Waals surface area contributed by atoms with Crippen LogP contribution in [0.3, 0.4) is 0 Å². The summed E-state index contributed by atoms with van der Waals surface area (Å²) in [4.78, 5) is 18.3. The Morgan fingerprint density at radius 1 is 0.960 bits per heavy atom. The van der Waals surface area contributed by atoms with Crippen molar-refractivity contribution in [2.75, 3.05) is 7.05 Å². The molecule has 0 fully saturated rings. The molecule has 0 aliphatic rings. The lowest BCUT2D eigenvalue weighted by Crippen LogP contribution is -2.26. The van der Waals surface area contributed by atoms with Gasteiger partial charge < -0.3 is 9.64 Å². The van der Waals surface area contributed by atoms with E-state index in [4.69, 9.17) is 4.74 Å². The minimum absolute atomic E-state index is 0.0292. The van der Waals surface area contributed by atoms with E-state index in [2.05, 4.69) is 4.98 Å². The van der Waals surface area contributed by atoms with Crippen LogP contribution in [0.1, 0.15) is 21.5 Å². The van der Waals surface area contributed by atoms with Gasteiger partial charge in [-0.05, 0) is 41.5 Å². The molecule has 0 bridgehead atoms. The Hall–Kier alpha value is -3.14. The van der Waals surface area contributed by atoms with Gasteiger partial charge in [-0.2, -0.15) is 0 Å². The summed E-state index contributed by atoms with van der Waals surface area (Å²) in [5.41, 5.74) is 2.75. The molecule has 2 aromatic carbocycles. The first-order valence-corrected chi connectivity index (χ1v) is 8.13. The molecule has 0 spiro atoms. The Morgan fingerprint density at radius 3 is 2.36 bits per heavy atom. The SMILES string of the molecule is CN(Cc1cccnc1)C(=O)c1ccc(OCc2ccccc2)cc1. The number of aromatic nitrogens is 1. The van der Waals surface area contributed by atoms with Gasteiger partial charge in [-0.25, -0.2) is 0 Å². The number of pyridine rings is 1. The van der Waals surface area contributed by atoms with Crippen LogP contribution in [0.5, 0.6) is 5.75 Å². The van der Waals surface area contributed by atoms with Crippen LogP contribution in [0.25, 0.3) is 0 Å². The summed E-state index contributed by atoms with van der Waals surface area (Å²) < 4.78 is 5.75. The van der Waals surface area contributed by atoms with Crippen molar-refractivity contribution < 1.29 is 9.53 Å². The highest BCUT2D eigenvalue weighted by Gasteiger charge is 2.12. The number of amides is 1. The average Bonchev–Trinajstić information content (AvgIpc) is 2.68. The molecule has 0 aliphatic heterocycles. The van der Waals surface area contributed by atoms with Crippen LogP contribution in [0, 0.1) is 0 Å². The molecule has 0 N–H and O–H groups in total. The zero-order valence-corrected chi connectivity index (χ0v) is 14.1. The zero-order valence-electron chi connectivity index (χ0n) is 14.1. The second-order valence-electron chi connectivity index (χ2n) is 5.82. The maximum absolute atomic E-state index is 12.5. The van der Waals surface area contributed by atoms with Crippen molar-refractivity contribution in [1.82, 2.24) is 9.88 Å². The van der Waals surface area contributed by atoms with Gasteiger partial charge in [0.2, 0.25) is 0 Å². The molecular formula is C21H20N2O2. The van der Waals surface area contributed by atoms with Crippen LogP contribution in [-0.4, -0.2) is 22.8 Å². The molecule has 1 heterocycles. The summed E-state index contributed by atoms with van der Waals surface area (Å²) in [6.07, 6.45) is 3.49. The summed E-state index contributed by atoms with van der Waals surface area (Å²) in [6.45, 7) is 1.04. The van der Waals surface area contributed by atoms with E-state index in [0.717, 1.165) is 16.9 Å². The van der Waals surface area contributed by atoms with E-state index in [9.17, 15) is 4.79 Å². The van der Waals surface area contributed by atoms with Crippen molar-refractivity contribution in [2.24, 2.45) is 0 Å². The van der Waals surface area contributed by atoms with Crippen molar-refractivity contribution in [3.63, 3.8) is 0 Å². The van der Waals surface area contributed by atoms with Crippen molar-refractivity contribution in [2.45, 2.75) is 13.2 Å². The highest BCUT2D eigenvalue weighted by atomic mass is 16.5. The van der Waals surface area contributed by atoms with Crippen LogP contribution in [-0.2, 0) is 13.2 Å². The van der Waals surface area contributed by atoms with E-state index in [1.807, 2.05) is 54.6 Å². The summed E-state index contributed by atoms with van der Waals surface area (Å²) >= 11 is 0. The fourth-order valence-corrected chi connectivity index (χ4v) is 2.49. The molecule has 3 rings (SSSR count). The molecule has 0 saturated carbocycles.